The lowest BCUT2D eigenvalue weighted by molar-refractivity contribution is -0.117. The predicted octanol–water partition coefficient (Wildman–Crippen LogP) is 3.45. The standard InChI is InChI=1S/C18H26N2O4/c1-13(2)12-23-15-9-7-8-14(10-15)19-16(21)11-20(6)17(22)24-18(3,4)5/h7-10H,1,11-12H2,2-6H3,(H,19,21). The number of amides is 2. The average Bonchev–Trinajstić information content (AvgIpc) is 2.43. The van der Waals surface area contributed by atoms with Crippen LogP contribution in [0.4, 0.5) is 10.5 Å². The van der Waals surface area contributed by atoms with Crippen LogP contribution in [0.15, 0.2) is 36.4 Å². The number of ether oxygens (including phenoxy) is 2. The smallest absolute Gasteiger partial charge is 0.410 e. The molecule has 0 spiro atoms. The fourth-order valence-corrected chi connectivity index (χ4v) is 1.69. The molecule has 6 nitrogen and oxygen atoms in total. The van der Waals surface area contributed by atoms with E-state index in [-0.39, 0.29) is 12.5 Å². The number of anilines is 1. The zero-order chi connectivity index (χ0) is 18.3. The number of hydrogen-bond acceptors (Lipinski definition) is 4. The molecule has 0 saturated carbocycles. The third-order valence-corrected chi connectivity index (χ3v) is 2.69. The first kappa shape index (κ1) is 19.5. The number of carbonyl (C=O) groups excluding carboxylic acids is 2. The van der Waals surface area contributed by atoms with Gasteiger partial charge in [0.1, 0.15) is 24.5 Å². The van der Waals surface area contributed by atoms with Crippen molar-refractivity contribution in [2.24, 2.45) is 0 Å². The molecule has 0 aromatic heterocycles. The highest BCUT2D eigenvalue weighted by Crippen LogP contribution is 2.18. The Labute approximate surface area is 143 Å². The van der Waals surface area contributed by atoms with Crippen LogP contribution in [0.3, 0.4) is 0 Å². The lowest BCUT2D eigenvalue weighted by Crippen LogP contribution is -2.38. The first-order valence-electron chi connectivity index (χ1n) is 7.68. The van der Waals surface area contributed by atoms with Crippen LogP contribution in [0.5, 0.6) is 5.75 Å². The lowest BCUT2D eigenvalue weighted by atomic mass is 10.2. The zero-order valence-electron chi connectivity index (χ0n) is 15.0. The first-order chi connectivity index (χ1) is 11.1. The van der Waals surface area contributed by atoms with E-state index in [2.05, 4.69) is 11.9 Å². The van der Waals surface area contributed by atoms with Crippen molar-refractivity contribution in [1.29, 1.82) is 0 Å². The van der Waals surface area contributed by atoms with Gasteiger partial charge in [0.15, 0.2) is 0 Å². The Balaban J connectivity index is 2.57. The van der Waals surface area contributed by atoms with Gasteiger partial charge in [-0.3, -0.25) is 4.79 Å². The van der Waals surface area contributed by atoms with E-state index in [9.17, 15) is 9.59 Å². The molecule has 0 aliphatic heterocycles. The van der Waals surface area contributed by atoms with Crippen molar-refractivity contribution in [2.75, 3.05) is 25.5 Å². The molecule has 0 atom stereocenters. The van der Waals surface area contributed by atoms with E-state index in [1.54, 1.807) is 45.0 Å². The third kappa shape index (κ3) is 7.67. The Kier molecular flexibility index (Phi) is 6.82. The fraction of sp³-hybridized carbons (Fsp3) is 0.444. The lowest BCUT2D eigenvalue weighted by Gasteiger charge is -2.24. The maximum absolute atomic E-state index is 12.1. The summed E-state index contributed by atoms with van der Waals surface area (Å²) in [5.41, 5.74) is 0.900. The van der Waals surface area contributed by atoms with Crippen LogP contribution in [0.1, 0.15) is 27.7 Å². The molecule has 2 amide bonds. The number of nitrogens with one attached hydrogen (secondary N) is 1. The second-order valence-corrected chi connectivity index (χ2v) is 6.66. The molecule has 0 aliphatic carbocycles. The molecule has 1 aromatic carbocycles. The molecule has 1 N–H and O–H groups in total. The van der Waals surface area contributed by atoms with Crippen LogP contribution in [-0.4, -0.2) is 42.7 Å². The van der Waals surface area contributed by atoms with E-state index in [0.717, 1.165) is 5.57 Å². The molecular weight excluding hydrogens is 308 g/mol. The zero-order valence-corrected chi connectivity index (χ0v) is 15.0. The SMILES string of the molecule is C=C(C)COc1cccc(NC(=O)CN(C)C(=O)OC(C)(C)C)c1. The maximum atomic E-state index is 12.1. The topological polar surface area (TPSA) is 67.9 Å². The van der Waals surface area contributed by atoms with Gasteiger partial charge in [0.05, 0.1) is 0 Å². The second kappa shape index (κ2) is 8.38. The number of rotatable bonds is 6. The molecule has 6 heteroatoms. The maximum Gasteiger partial charge on any atom is 0.410 e. The normalized spacial score (nSPS) is 10.7. The minimum atomic E-state index is -0.600. The summed E-state index contributed by atoms with van der Waals surface area (Å²) in [5.74, 6) is 0.316. The van der Waals surface area contributed by atoms with Gasteiger partial charge in [-0.25, -0.2) is 4.79 Å². The average molecular weight is 334 g/mol. The molecular formula is C18H26N2O4. The van der Waals surface area contributed by atoms with Gasteiger partial charge in [-0.2, -0.15) is 0 Å². The van der Waals surface area contributed by atoms with Gasteiger partial charge in [0.2, 0.25) is 5.91 Å². The minimum absolute atomic E-state index is 0.105. The van der Waals surface area contributed by atoms with Crippen molar-refractivity contribution < 1.29 is 19.1 Å². The van der Waals surface area contributed by atoms with Crippen LogP contribution >= 0.6 is 0 Å². The van der Waals surface area contributed by atoms with Gasteiger partial charge in [-0.05, 0) is 45.4 Å². The molecule has 0 fully saturated rings. The van der Waals surface area contributed by atoms with E-state index >= 15 is 0 Å². The van der Waals surface area contributed by atoms with Crippen molar-refractivity contribution in [2.45, 2.75) is 33.3 Å². The molecule has 0 heterocycles. The van der Waals surface area contributed by atoms with Gasteiger partial charge in [-0.15, -0.1) is 0 Å². The highest BCUT2D eigenvalue weighted by Gasteiger charge is 2.21. The van der Waals surface area contributed by atoms with Crippen molar-refractivity contribution in [1.82, 2.24) is 4.90 Å². The van der Waals surface area contributed by atoms with Gasteiger partial charge in [0.25, 0.3) is 0 Å². The largest absolute Gasteiger partial charge is 0.489 e. The van der Waals surface area contributed by atoms with Crippen molar-refractivity contribution in [3.05, 3.63) is 36.4 Å². The minimum Gasteiger partial charge on any atom is -0.489 e. The Morgan fingerprint density at radius 2 is 1.96 bits per heavy atom. The highest BCUT2D eigenvalue weighted by molar-refractivity contribution is 5.93. The molecule has 0 saturated heterocycles. The molecule has 132 valence electrons. The predicted molar refractivity (Wildman–Crippen MR) is 94.2 cm³/mol. The van der Waals surface area contributed by atoms with E-state index in [0.29, 0.717) is 18.0 Å². The third-order valence-electron chi connectivity index (χ3n) is 2.69. The number of carbonyl (C=O) groups is 2. The van der Waals surface area contributed by atoms with Crippen LogP contribution in [-0.2, 0) is 9.53 Å². The Hall–Kier alpha value is -2.50. The summed E-state index contributed by atoms with van der Waals surface area (Å²) in [5, 5.41) is 2.73. The van der Waals surface area contributed by atoms with Gasteiger partial charge < -0.3 is 19.7 Å². The summed E-state index contributed by atoms with van der Waals surface area (Å²) in [6, 6.07) is 7.04. The number of nitrogens with zero attached hydrogens (tertiary/aromatic N) is 1. The summed E-state index contributed by atoms with van der Waals surface area (Å²) in [7, 11) is 1.51. The second-order valence-electron chi connectivity index (χ2n) is 6.66. The van der Waals surface area contributed by atoms with E-state index in [4.69, 9.17) is 9.47 Å². The molecule has 0 radical (unpaired) electrons. The molecule has 24 heavy (non-hydrogen) atoms. The molecule has 0 unspecified atom stereocenters. The first-order valence-corrected chi connectivity index (χ1v) is 7.68. The van der Waals surface area contributed by atoms with E-state index in [1.165, 1.54) is 11.9 Å². The molecule has 0 bridgehead atoms. The number of benzene rings is 1. The van der Waals surface area contributed by atoms with E-state index < -0.39 is 11.7 Å². The van der Waals surface area contributed by atoms with Gasteiger partial charge in [-0.1, -0.05) is 12.6 Å². The molecule has 0 aliphatic rings. The summed E-state index contributed by atoms with van der Waals surface area (Å²) < 4.78 is 10.7. The highest BCUT2D eigenvalue weighted by atomic mass is 16.6. The summed E-state index contributed by atoms with van der Waals surface area (Å²) >= 11 is 0. The Bertz CT molecular complexity index is 605. The van der Waals surface area contributed by atoms with Crippen molar-refractivity contribution in [3.63, 3.8) is 0 Å². The van der Waals surface area contributed by atoms with Gasteiger partial charge in [0, 0.05) is 18.8 Å². The fourth-order valence-electron chi connectivity index (χ4n) is 1.69. The van der Waals surface area contributed by atoms with Crippen molar-refractivity contribution >= 4 is 17.7 Å². The monoisotopic (exact) mass is 334 g/mol. The Morgan fingerprint density at radius 1 is 1.29 bits per heavy atom. The van der Waals surface area contributed by atoms with Crippen LogP contribution in [0.25, 0.3) is 0 Å². The van der Waals surface area contributed by atoms with Crippen molar-refractivity contribution in [3.8, 4) is 5.75 Å². The van der Waals surface area contributed by atoms with Gasteiger partial charge >= 0.3 is 6.09 Å². The molecule has 1 aromatic rings. The van der Waals surface area contributed by atoms with Crippen LogP contribution < -0.4 is 10.1 Å². The van der Waals surface area contributed by atoms with Crippen LogP contribution in [0.2, 0.25) is 0 Å². The number of likely N-dealkylation sites (N-methyl/N-ethyl adjacent to an activating group) is 1. The Morgan fingerprint density at radius 3 is 2.54 bits per heavy atom. The summed E-state index contributed by atoms with van der Waals surface area (Å²) in [4.78, 5) is 25.1. The van der Waals surface area contributed by atoms with Crippen LogP contribution in [0, 0.1) is 0 Å². The number of hydrogen-bond donors (Lipinski definition) is 1. The molecule has 1 rings (SSSR count). The van der Waals surface area contributed by atoms with E-state index in [1.807, 2.05) is 6.92 Å². The summed E-state index contributed by atoms with van der Waals surface area (Å²) in [6.45, 7) is 11.3. The quantitative estimate of drug-likeness (QED) is 0.809. The summed E-state index contributed by atoms with van der Waals surface area (Å²) in [6.07, 6.45) is -0.545.